The zero-order valence-corrected chi connectivity index (χ0v) is 15.6. The maximum absolute atomic E-state index is 13.1. The molecule has 0 saturated carbocycles. The highest BCUT2D eigenvalue weighted by atomic mass is 32.1. The fourth-order valence-electron chi connectivity index (χ4n) is 3.31. The van der Waals surface area contributed by atoms with Gasteiger partial charge in [0, 0.05) is 35.4 Å². The van der Waals surface area contributed by atoms with Crippen LogP contribution in [0.3, 0.4) is 0 Å². The maximum Gasteiger partial charge on any atom is 0.352 e. The molecule has 136 valence electrons. The summed E-state index contributed by atoms with van der Waals surface area (Å²) in [5, 5.41) is 7.48. The molecule has 4 aromatic heterocycles. The van der Waals surface area contributed by atoms with Gasteiger partial charge in [-0.2, -0.15) is 4.52 Å². The van der Waals surface area contributed by atoms with Crippen LogP contribution in [0.4, 0.5) is 0 Å². The predicted molar refractivity (Wildman–Crippen MR) is 111 cm³/mol. The number of aromatic nitrogens is 5. The van der Waals surface area contributed by atoms with E-state index < -0.39 is 0 Å². The van der Waals surface area contributed by atoms with Crippen molar-refractivity contribution < 1.29 is 0 Å². The lowest BCUT2D eigenvalue weighted by atomic mass is 10.1. The number of hydrogen-bond acceptors (Lipinski definition) is 5. The summed E-state index contributed by atoms with van der Waals surface area (Å²) in [7, 11) is 0. The van der Waals surface area contributed by atoms with Crippen LogP contribution in [0.2, 0.25) is 0 Å². The molecule has 0 amide bonds. The lowest BCUT2D eigenvalue weighted by Gasteiger charge is -2.06. The van der Waals surface area contributed by atoms with Gasteiger partial charge in [-0.05, 0) is 17.7 Å². The van der Waals surface area contributed by atoms with Crippen LogP contribution in [0.1, 0.15) is 0 Å². The summed E-state index contributed by atoms with van der Waals surface area (Å²) in [5.41, 5.74) is 3.20. The third-order valence-corrected chi connectivity index (χ3v) is 5.58. The predicted octanol–water partition coefficient (Wildman–Crippen LogP) is 4.02. The Morgan fingerprint density at radius 1 is 1.11 bits per heavy atom. The van der Waals surface area contributed by atoms with E-state index in [1.54, 1.807) is 23.0 Å². The molecule has 5 aromatic rings. The Kier molecular flexibility index (Phi) is 3.87. The van der Waals surface area contributed by atoms with Crippen LogP contribution in [0.15, 0.2) is 77.7 Å². The van der Waals surface area contributed by atoms with Gasteiger partial charge in [-0.1, -0.05) is 36.4 Å². The number of rotatable bonds is 4. The fraction of sp³-hybridized carbons (Fsp3) is 0.0476. The first-order valence-corrected chi connectivity index (χ1v) is 9.63. The van der Waals surface area contributed by atoms with Crippen LogP contribution in [0.5, 0.6) is 0 Å². The zero-order chi connectivity index (χ0) is 19.1. The van der Waals surface area contributed by atoms with Gasteiger partial charge in [-0.25, -0.2) is 9.78 Å². The zero-order valence-electron chi connectivity index (χ0n) is 14.8. The maximum atomic E-state index is 13.1. The lowest BCUT2D eigenvalue weighted by Crippen LogP contribution is -2.27. The number of fused-ring (bicyclic) bond motifs is 3. The molecule has 0 radical (unpaired) electrons. The van der Waals surface area contributed by atoms with Crippen molar-refractivity contribution in [2.24, 2.45) is 0 Å². The molecule has 0 N–H and O–H groups in total. The molecule has 0 atom stereocenters. The smallest absolute Gasteiger partial charge is 0.279 e. The summed E-state index contributed by atoms with van der Waals surface area (Å²) in [6, 6.07) is 13.8. The first kappa shape index (κ1) is 16.6. The normalized spacial score (nSPS) is 11.3. The topological polar surface area (TPSA) is 65.1 Å². The average Bonchev–Trinajstić information content (AvgIpc) is 3.37. The highest BCUT2D eigenvalue weighted by Crippen LogP contribution is 2.35. The number of allylic oxidation sites excluding steroid dienone is 1. The first-order chi connectivity index (χ1) is 13.8. The lowest BCUT2D eigenvalue weighted by molar-refractivity contribution is 0.733. The van der Waals surface area contributed by atoms with Crippen LogP contribution in [-0.4, -0.2) is 24.1 Å². The molecule has 4 heterocycles. The molecule has 0 aliphatic carbocycles. The molecule has 0 spiro atoms. The van der Waals surface area contributed by atoms with Crippen LogP contribution < -0.4 is 5.69 Å². The summed E-state index contributed by atoms with van der Waals surface area (Å²) >= 11 is 1.53. The summed E-state index contributed by atoms with van der Waals surface area (Å²) in [4.78, 5) is 22.8. The number of benzene rings is 1. The molecule has 5 rings (SSSR count). The Hall–Kier alpha value is -3.58. The molecule has 0 unspecified atom stereocenters. The molecular formula is C21H15N5OS. The van der Waals surface area contributed by atoms with Crippen LogP contribution in [0, 0.1) is 0 Å². The van der Waals surface area contributed by atoms with E-state index >= 15 is 0 Å². The van der Waals surface area contributed by atoms with Crippen molar-refractivity contribution in [3.8, 4) is 22.5 Å². The van der Waals surface area contributed by atoms with Crippen LogP contribution in [0.25, 0.3) is 38.4 Å². The Bertz CT molecular complexity index is 1370. The quantitative estimate of drug-likeness (QED) is 0.438. The summed E-state index contributed by atoms with van der Waals surface area (Å²) in [6.07, 6.45) is 5.11. The van der Waals surface area contributed by atoms with Crippen molar-refractivity contribution >= 4 is 27.2 Å². The van der Waals surface area contributed by atoms with Gasteiger partial charge in [0.25, 0.3) is 0 Å². The third kappa shape index (κ3) is 2.48. The van der Waals surface area contributed by atoms with Gasteiger partial charge < -0.3 is 0 Å². The monoisotopic (exact) mass is 385 g/mol. The van der Waals surface area contributed by atoms with Gasteiger partial charge in [0.15, 0.2) is 11.5 Å². The number of thiophene rings is 1. The van der Waals surface area contributed by atoms with Crippen molar-refractivity contribution in [1.82, 2.24) is 24.1 Å². The average molecular weight is 385 g/mol. The molecule has 28 heavy (non-hydrogen) atoms. The van der Waals surface area contributed by atoms with E-state index in [9.17, 15) is 4.79 Å². The highest BCUT2D eigenvalue weighted by molar-refractivity contribution is 7.17. The molecule has 6 nitrogen and oxygen atoms in total. The molecule has 7 heteroatoms. The second kappa shape index (κ2) is 6.54. The summed E-state index contributed by atoms with van der Waals surface area (Å²) < 4.78 is 3.07. The van der Waals surface area contributed by atoms with E-state index in [0.717, 1.165) is 26.9 Å². The van der Waals surface area contributed by atoms with E-state index in [0.29, 0.717) is 18.0 Å². The van der Waals surface area contributed by atoms with Crippen LogP contribution >= 0.6 is 11.3 Å². The second-order valence-electron chi connectivity index (χ2n) is 6.29. The van der Waals surface area contributed by atoms with E-state index in [1.807, 2.05) is 30.3 Å². The number of nitrogens with zero attached hydrogens (tertiary/aromatic N) is 5. The van der Waals surface area contributed by atoms with Gasteiger partial charge in [0.1, 0.15) is 4.83 Å². The third-order valence-electron chi connectivity index (χ3n) is 4.58. The Balaban J connectivity index is 1.90. The molecule has 0 bridgehead atoms. The Labute approximate surface area is 164 Å². The van der Waals surface area contributed by atoms with E-state index in [2.05, 4.69) is 34.2 Å². The summed E-state index contributed by atoms with van der Waals surface area (Å²) in [5.74, 6) is 0.480. The highest BCUT2D eigenvalue weighted by Gasteiger charge is 2.20. The molecule has 0 aliphatic rings. The minimum Gasteiger partial charge on any atom is -0.279 e. The first-order valence-electron chi connectivity index (χ1n) is 8.75. The second-order valence-corrected chi connectivity index (χ2v) is 7.15. The van der Waals surface area contributed by atoms with E-state index in [-0.39, 0.29) is 5.69 Å². The van der Waals surface area contributed by atoms with Crippen molar-refractivity contribution in [2.75, 3.05) is 0 Å². The van der Waals surface area contributed by atoms with Crippen molar-refractivity contribution in [3.63, 3.8) is 0 Å². The summed E-state index contributed by atoms with van der Waals surface area (Å²) in [6.45, 7) is 4.20. The minimum absolute atomic E-state index is 0.230. The van der Waals surface area contributed by atoms with Gasteiger partial charge in [0.05, 0.1) is 5.39 Å². The standard InChI is InChI=1S/C21H15N5OS/c1-2-11-25-20-17(16(13-28-20)14-7-4-3-5-8-14)19-23-18(24-26(19)21(25)27)15-9-6-10-22-12-15/h2-10,12-13H,1,11H2. The largest absolute Gasteiger partial charge is 0.352 e. The minimum atomic E-state index is -0.230. The van der Waals surface area contributed by atoms with Crippen LogP contribution in [-0.2, 0) is 6.54 Å². The fourth-order valence-corrected chi connectivity index (χ4v) is 4.39. The number of hydrogen-bond donors (Lipinski definition) is 0. The Morgan fingerprint density at radius 2 is 1.93 bits per heavy atom. The molecule has 0 saturated heterocycles. The molecule has 0 aliphatic heterocycles. The molecule has 1 aromatic carbocycles. The van der Waals surface area contributed by atoms with Crippen molar-refractivity contribution in [2.45, 2.75) is 6.54 Å². The van der Waals surface area contributed by atoms with Crippen molar-refractivity contribution in [1.29, 1.82) is 0 Å². The number of pyridine rings is 1. The SMILES string of the molecule is C=CCn1c(=O)n2nc(-c3cccnc3)nc2c2c(-c3ccccc3)csc21. The van der Waals surface area contributed by atoms with Gasteiger partial charge in [-0.15, -0.1) is 23.0 Å². The van der Waals surface area contributed by atoms with E-state index in [4.69, 9.17) is 4.98 Å². The molecule has 0 fully saturated rings. The van der Waals surface area contributed by atoms with Gasteiger partial charge in [0.2, 0.25) is 0 Å². The van der Waals surface area contributed by atoms with Crippen molar-refractivity contribution in [3.05, 3.63) is 83.4 Å². The van der Waals surface area contributed by atoms with E-state index in [1.165, 1.54) is 15.9 Å². The molecular weight excluding hydrogens is 370 g/mol. The Morgan fingerprint density at radius 3 is 2.68 bits per heavy atom. The van der Waals surface area contributed by atoms with Gasteiger partial charge >= 0.3 is 5.69 Å². The van der Waals surface area contributed by atoms with Gasteiger partial charge in [-0.3, -0.25) is 9.55 Å².